The Labute approximate surface area is 82.6 Å². The second-order valence-electron chi connectivity index (χ2n) is 3.24. The SMILES string of the molecule is Cc1ccc2cc(Cl)ccc2[n+]1C. The fourth-order valence-corrected chi connectivity index (χ4v) is 1.66. The number of fused-ring (bicyclic) bond motifs is 1. The number of aryl methyl sites for hydroxylation is 2. The predicted octanol–water partition coefficient (Wildman–Crippen LogP) is 2.63. The molecule has 66 valence electrons. The minimum atomic E-state index is 0.788. The van der Waals surface area contributed by atoms with E-state index in [1.165, 1.54) is 16.6 Å². The molecular weight excluding hydrogens is 182 g/mol. The van der Waals surface area contributed by atoms with Crippen LogP contribution >= 0.6 is 11.6 Å². The summed E-state index contributed by atoms with van der Waals surface area (Å²) in [6.07, 6.45) is 0. The molecule has 13 heavy (non-hydrogen) atoms. The van der Waals surface area contributed by atoms with Gasteiger partial charge >= 0.3 is 0 Å². The Morgan fingerprint density at radius 3 is 2.69 bits per heavy atom. The van der Waals surface area contributed by atoms with Crippen LogP contribution in [0, 0.1) is 6.92 Å². The van der Waals surface area contributed by atoms with E-state index >= 15 is 0 Å². The molecule has 0 radical (unpaired) electrons. The fourth-order valence-electron chi connectivity index (χ4n) is 1.48. The monoisotopic (exact) mass is 192 g/mol. The van der Waals surface area contributed by atoms with Gasteiger partial charge in [0.15, 0.2) is 5.69 Å². The first-order valence-corrected chi connectivity index (χ1v) is 4.61. The summed E-state index contributed by atoms with van der Waals surface area (Å²) in [5.41, 5.74) is 2.46. The van der Waals surface area contributed by atoms with Crippen LogP contribution in [0.3, 0.4) is 0 Å². The van der Waals surface area contributed by atoms with Gasteiger partial charge in [0.1, 0.15) is 7.05 Å². The first kappa shape index (κ1) is 8.52. The minimum Gasteiger partial charge on any atom is -0.199 e. The summed E-state index contributed by atoms with van der Waals surface area (Å²) in [4.78, 5) is 0. The summed E-state index contributed by atoms with van der Waals surface area (Å²) < 4.78 is 2.16. The van der Waals surface area contributed by atoms with Crippen LogP contribution in [0.4, 0.5) is 0 Å². The lowest BCUT2D eigenvalue weighted by Gasteiger charge is -1.99. The molecule has 2 aromatic rings. The number of rotatable bonds is 0. The summed E-state index contributed by atoms with van der Waals surface area (Å²) in [6.45, 7) is 2.09. The number of hydrogen-bond donors (Lipinski definition) is 0. The van der Waals surface area contributed by atoms with Crippen molar-refractivity contribution >= 4 is 22.5 Å². The van der Waals surface area contributed by atoms with Gasteiger partial charge in [-0.1, -0.05) is 11.6 Å². The van der Waals surface area contributed by atoms with E-state index in [9.17, 15) is 0 Å². The average molecular weight is 193 g/mol. The molecule has 0 atom stereocenters. The van der Waals surface area contributed by atoms with Crippen molar-refractivity contribution in [1.29, 1.82) is 0 Å². The quantitative estimate of drug-likeness (QED) is 0.565. The smallest absolute Gasteiger partial charge is 0.199 e. The molecule has 1 aromatic carbocycles. The largest absolute Gasteiger partial charge is 0.212 e. The van der Waals surface area contributed by atoms with Gasteiger partial charge in [-0.2, -0.15) is 4.57 Å². The van der Waals surface area contributed by atoms with E-state index in [0.717, 1.165) is 5.02 Å². The van der Waals surface area contributed by atoms with Gasteiger partial charge in [-0.25, -0.2) is 0 Å². The molecule has 2 heteroatoms. The molecular formula is C11H11ClN+. The zero-order chi connectivity index (χ0) is 9.42. The van der Waals surface area contributed by atoms with Crippen LogP contribution in [-0.4, -0.2) is 0 Å². The Balaban J connectivity index is 2.87. The highest BCUT2D eigenvalue weighted by atomic mass is 35.5. The Hall–Kier alpha value is -1.08. The van der Waals surface area contributed by atoms with Gasteiger partial charge in [-0.15, -0.1) is 0 Å². The first-order chi connectivity index (χ1) is 6.18. The summed E-state index contributed by atoms with van der Waals surface area (Å²) in [6, 6.07) is 10.1. The summed E-state index contributed by atoms with van der Waals surface area (Å²) >= 11 is 5.90. The summed E-state index contributed by atoms with van der Waals surface area (Å²) in [5, 5.41) is 1.97. The number of hydrogen-bond acceptors (Lipinski definition) is 0. The third kappa shape index (κ3) is 1.40. The third-order valence-electron chi connectivity index (χ3n) is 2.38. The molecule has 2 rings (SSSR count). The lowest BCUT2D eigenvalue weighted by Crippen LogP contribution is -2.32. The van der Waals surface area contributed by atoms with Gasteiger partial charge in [-0.05, 0) is 18.2 Å². The van der Waals surface area contributed by atoms with Crippen molar-refractivity contribution in [3.63, 3.8) is 0 Å². The van der Waals surface area contributed by atoms with E-state index in [0.29, 0.717) is 0 Å². The highest BCUT2D eigenvalue weighted by molar-refractivity contribution is 6.31. The van der Waals surface area contributed by atoms with Gasteiger partial charge in [0.25, 0.3) is 0 Å². The highest BCUT2D eigenvalue weighted by Crippen LogP contribution is 2.16. The van der Waals surface area contributed by atoms with Crippen molar-refractivity contribution in [3.05, 3.63) is 41.0 Å². The maximum atomic E-state index is 5.90. The summed E-state index contributed by atoms with van der Waals surface area (Å²) in [7, 11) is 2.06. The van der Waals surface area contributed by atoms with Crippen LogP contribution in [0.5, 0.6) is 0 Å². The molecule has 0 unspecified atom stereocenters. The van der Waals surface area contributed by atoms with Crippen molar-refractivity contribution in [1.82, 2.24) is 0 Å². The topological polar surface area (TPSA) is 3.88 Å². The molecule has 0 saturated carbocycles. The second kappa shape index (κ2) is 3.00. The van der Waals surface area contributed by atoms with Crippen LogP contribution in [0.15, 0.2) is 30.3 Å². The molecule has 0 spiro atoms. The molecule has 0 bridgehead atoms. The van der Waals surface area contributed by atoms with Gasteiger partial charge in [0.05, 0.1) is 0 Å². The van der Waals surface area contributed by atoms with Gasteiger partial charge < -0.3 is 0 Å². The fraction of sp³-hybridized carbons (Fsp3) is 0.182. The van der Waals surface area contributed by atoms with Crippen molar-refractivity contribution in [2.75, 3.05) is 0 Å². The van der Waals surface area contributed by atoms with Gasteiger partial charge in [-0.3, -0.25) is 0 Å². The Morgan fingerprint density at radius 2 is 1.92 bits per heavy atom. The van der Waals surface area contributed by atoms with E-state index in [4.69, 9.17) is 11.6 Å². The molecule has 1 aromatic heterocycles. The molecule has 0 N–H and O–H groups in total. The van der Waals surface area contributed by atoms with Crippen molar-refractivity contribution in [2.24, 2.45) is 7.05 Å². The van der Waals surface area contributed by atoms with E-state index in [1.807, 2.05) is 18.2 Å². The van der Waals surface area contributed by atoms with Crippen LogP contribution in [-0.2, 0) is 7.05 Å². The van der Waals surface area contributed by atoms with Crippen LogP contribution in [0.2, 0.25) is 5.02 Å². The summed E-state index contributed by atoms with van der Waals surface area (Å²) in [5.74, 6) is 0. The van der Waals surface area contributed by atoms with Gasteiger partial charge in [0.2, 0.25) is 5.52 Å². The lowest BCUT2D eigenvalue weighted by atomic mass is 10.2. The number of aromatic nitrogens is 1. The maximum Gasteiger partial charge on any atom is 0.212 e. The zero-order valence-electron chi connectivity index (χ0n) is 7.71. The van der Waals surface area contributed by atoms with Gasteiger partial charge in [0, 0.05) is 29.5 Å². The van der Waals surface area contributed by atoms with Crippen molar-refractivity contribution in [2.45, 2.75) is 6.92 Å². The number of pyridine rings is 1. The maximum absolute atomic E-state index is 5.90. The van der Waals surface area contributed by atoms with Crippen molar-refractivity contribution < 1.29 is 4.57 Å². The average Bonchev–Trinajstić information content (AvgIpc) is 2.12. The Bertz CT molecular complexity index is 463. The molecule has 0 aliphatic carbocycles. The van der Waals surface area contributed by atoms with E-state index in [-0.39, 0.29) is 0 Å². The Kier molecular flexibility index (Phi) is 1.97. The first-order valence-electron chi connectivity index (χ1n) is 4.23. The normalized spacial score (nSPS) is 10.7. The van der Waals surface area contributed by atoms with E-state index < -0.39 is 0 Å². The number of nitrogens with zero attached hydrogens (tertiary/aromatic N) is 1. The molecule has 0 aliphatic heterocycles. The second-order valence-corrected chi connectivity index (χ2v) is 3.67. The van der Waals surface area contributed by atoms with Crippen LogP contribution in [0.1, 0.15) is 5.69 Å². The standard InChI is InChI=1S/C11H11ClN/c1-8-3-4-9-7-10(12)5-6-11(9)13(8)2/h3-7H,1-2H3/q+1. The third-order valence-corrected chi connectivity index (χ3v) is 2.62. The van der Waals surface area contributed by atoms with E-state index in [1.54, 1.807) is 0 Å². The highest BCUT2D eigenvalue weighted by Gasteiger charge is 2.06. The molecule has 0 amide bonds. The molecule has 1 nitrogen and oxygen atoms in total. The van der Waals surface area contributed by atoms with E-state index in [2.05, 4.69) is 30.7 Å². The van der Waals surface area contributed by atoms with Crippen LogP contribution < -0.4 is 4.57 Å². The zero-order valence-corrected chi connectivity index (χ0v) is 8.47. The number of halogens is 1. The lowest BCUT2D eigenvalue weighted by molar-refractivity contribution is -0.651. The molecule has 0 fully saturated rings. The predicted molar refractivity (Wildman–Crippen MR) is 54.9 cm³/mol. The minimum absolute atomic E-state index is 0.788. The van der Waals surface area contributed by atoms with Crippen LogP contribution in [0.25, 0.3) is 10.9 Å². The molecule has 0 aliphatic rings. The Morgan fingerprint density at radius 1 is 1.15 bits per heavy atom. The molecule has 1 heterocycles. The molecule has 0 saturated heterocycles. The van der Waals surface area contributed by atoms with Crippen molar-refractivity contribution in [3.8, 4) is 0 Å². The number of benzene rings is 1.